The van der Waals surface area contributed by atoms with Gasteiger partial charge in [-0.15, -0.1) is 0 Å². The maximum absolute atomic E-state index is 12.3. The molecule has 0 spiro atoms. The number of rotatable bonds is 2. The predicted octanol–water partition coefficient (Wildman–Crippen LogP) is 2.58. The van der Waals surface area contributed by atoms with Crippen LogP contribution >= 0.6 is 0 Å². The minimum absolute atomic E-state index is 0.0667. The van der Waals surface area contributed by atoms with Gasteiger partial charge in [0, 0.05) is 37.5 Å². The Morgan fingerprint density at radius 3 is 2.69 bits per heavy atom. The summed E-state index contributed by atoms with van der Waals surface area (Å²) in [7, 11) is 0. The van der Waals surface area contributed by atoms with Gasteiger partial charge in [0.1, 0.15) is 23.3 Å². The van der Waals surface area contributed by atoms with E-state index in [0.717, 1.165) is 30.6 Å². The lowest BCUT2D eigenvalue weighted by molar-refractivity contribution is 0.0123. The molecule has 1 saturated heterocycles. The van der Waals surface area contributed by atoms with Gasteiger partial charge in [0.05, 0.1) is 12.4 Å². The third kappa shape index (κ3) is 4.26. The molecule has 4 rings (SSSR count). The molecule has 1 amide bonds. The van der Waals surface area contributed by atoms with E-state index >= 15 is 0 Å². The van der Waals surface area contributed by atoms with Crippen molar-refractivity contribution in [2.24, 2.45) is 5.92 Å². The van der Waals surface area contributed by atoms with Gasteiger partial charge in [-0.05, 0) is 45.6 Å². The first-order chi connectivity index (χ1) is 13.8. The second kappa shape index (κ2) is 7.50. The summed E-state index contributed by atoms with van der Waals surface area (Å²) in [5, 5.41) is 0. The predicted molar refractivity (Wildman–Crippen MR) is 106 cm³/mol. The molecule has 2 aliphatic rings. The summed E-state index contributed by atoms with van der Waals surface area (Å²) in [6.07, 6.45) is 8.48. The summed E-state index contributed by atoms with van der Waals surface area (Å²) in [5.74, 6) is 1.71. The number of aromatic nitrogens is 3. The number of fused-ring (bicyclic) bond motifs is 1. The van der Waals surface area contributed by atoms with E-state index in [1.54, 1.807) is 23.5 Å². The van der Waals surface area contributed by atoms with E-state index in [4.69, 9.17) is 9.47 Å². The van der Waals surface area contributed by atoms with E-state index in [1.807, 2.05) is 26.8 Å². The minimum Gasteiger partial charge on any atom is -0.488 e. The topological polar surface area (TPSA) is 86.6 Å². The van der Waals surface area contributed by atoms with Crippen molar-refractivity contribution in [3.05, 3.63) is 46.8 Å². The molecule has 2 aromatic heterocycles. The first kappa shape index (κ1) is 19.4. The molecule has 29 heavy (non-hydrogen) atoms. The standard InChI is InChI=1S/C21H26N4O4/c1-21(2,3)29-20(27)24-7-4-14(5-8-24)16-10-15-11-18(23-12-17(15)28-16)25-9-6-22-13-19(25)26/h6,9,11-14,16H,4-5,7-8,10H2,1-3H3. The normalized spacial score (nSPS) is 19.6. The Morgan fingerprint density at radius 2 is 2.00 bits per heavy atom. The van der Waals surface area contributed by atoms with Crippen molar-refractivity contribution in [2.45, 2.75) is 51.7 Å². The van der Waals surface area contributed by atoms with Gasteiger partial charge in [-0.1, -0.05) is 0 Å². The summed E-state index contributed by atoms with van der Waals surface area (Å²) in [5.41, 5.74) is 0.356. The highest BCUT2D eigenvalue weighted by molar-refractivity contribution is 5.68. The Bertz CT molecular complexity index is 958. The Labute approximate surface area is 169 Å². The summed E-state index contributed by atoms with van der Waals surface area (Å²) < 4.78 is 13.1. The second-order valence-electron chi connectivity index (χ2n) is 8.60. The third-order valence-electron chi connectivity index (χ3n) is 5.32. The third-order valence-corrected chi connectivity index (χ3v) is 5.32. The molecule has 0 N–H and O–H groups in total. The number of hydrogen-bond donors (Lipinski definition) is 0. The number of carbonyl (C=O) groups excluding carboxylic acids is 1. The van der Waals surface area contributed by atoms with Crippen molar-refractivity contribution in [1.29, 1.82) is 0 Å². The highest BCUT2D eigenvalue weighted by Gasteiger charge is 2.35. The van der Waals surface area contributed by atoms with Crippen LogP contribution in [0.25, 0.3) is 5.82 Å². The molecule has 1 atom stereocenters. The van der Waals surface area contributed by atoms with E-state index in [1.165, 1.54) is 10.8 Å². The van der Waals surface area contributed by atoms with Gasteiger partial charge in [-0.2, -0.15) is 0 Å². The van der Waals surface area contributed by atoms with Crippen LogP contribution in [0.2, 0.25) is 0 Å². The highest BCUT2D eigenvalue weighted by atomic mass is 16.6. The SMILES string of the molecule is CC(C)(C)OC(=O)N1CCC(C2Cc3cc(-n4ccncc4=O)ncc3O2)CC1. The number of pyridine rings is 1. The van der Waals surface area contributed by atoms with Gasteiger partial charge < -0.3 is 14.4 Å². The molecule has 1 unspecified atom stereocenters. The summed E-state index contributed by atoms with van der Waals surface area (Å²) in [6, 6.07) is 1.91. The minimum atomic E-state index is -0.481. The van der Waals surface area contributed by atoms with Gasteiger partial charge in [0.15, 0.2) is 0 Å². The molecule has 8 heteroatoms. The lowest BCUT2D eigenvalue weighted by Gasteiger charge is -2.35. The lowest BCUT2D eigenvalue weighted by Crippen LogP contribution is -2.44. The largest absolute Gasteiger partial charge is 0.488 e. The quantitative estimate of drug-likeness (QED) is 0.773. The molecule has 1 fully saturated rings. The number of ether oxygens (including phenoxy) is 2. The maximum atomic E-state index is 12.3. The number of amides is 1. The Morgan fingerprint density at radius 1 is 1.24 bits per heavy atom. The van der Waals surface area contributed by atoms with E-state index in [9.17, 15) is 9.59 Å². The Kier molecular flexibility index (Phi) is 5.02. The molecule has 0 aliphatic carbocycles. The van der Waals surface area contributed by atoms with E-state index in [-0.39, 0.29) is 17.8 Å². The van der Waals surface area contributed by atoms with Gasteiger partial charge in [-0.25, -0.2) is 9.78 Å². The van der Waals surface area contributed by atoms with Crippen molar-refractivity contribution in [3.63, 3.8) is 0 Å². The van der Waals surface area contributed by atoms with Crippen LogP contribution in [0.1, 0.15) is 39.2 Å². The molecule has 8 nitrogen and oxygen atoms in total. The van der Waals surface area contributed by atoms with Crippen molar-refractivity contribution >= 4 is 6.09 Å². The second-order valence-corrected chi connectivity index (χ2v) is 8.60. The molecular formula is C21H26N4O4. The van der Waals surface area contributed by atoms with E-state index < -0.39 is 5.60 Å². The number of hydrogen-bond acceptors (Lipinski definition) is 6. The smallest absolute Gasteiger partial charge is 0.410 e. The van der Waals surface area contributed by atoms with Crippen LogP contribution in [0.4, 0.5) is 4.79 Å². The number of piperidine rings is 1. The number of carbonyl (C=O) groups is 1. The molecular weight excluding hydrogens is 372 g/mol. The first-order valence-electron chi connectivity index (χ1n) is 9.97. The van der Waals surface area contributed by atoms with Crippen LogP contribution in [-0.2, 0) is 11.2 Å². The van der Waals surface area contributed by atoms with Crippen LogP contribution in [0.5, 0.6) is 5.75 Å². The monoisotopic (exact) mass is 398 g/mol. The molecule has 0 saturated carbocycles. The molecule has 4 heterocycles. The fraction of sp³-hybridized carbons (Fsp3) is 0.524. The van der Waals surface area contributed by atoms with E-state index in [2.05, 4.69) is 9.97 Å². The molecule has 0 radical (unpaired) electrons. The highest BCUT2D eigenvalue weighted by Crippen LogP contribution is 2.35. The Hall–Kier alpha value is -2.90. The van der Waals surface area contributed by atoms with Crippen molar-refractivity contribution in [3.8, 4) is 11.6 Å². The van der Waals surface area contributed by atoms with Crippen molar-refractivity contribution < 1.29 is 14.3 Å². The number of nitrogens with zero attached hydrogens (tertiary/aromatic N) is 4. The maximum Gasteiger partial charge on any atom is 0.410 e. The van der Waals surface area contributed by atoms with Gasteiger partial charge in [-0.3, -0.25) is 14.3 Å². The molecule has 154 valence electrons. The number of likely N-dealkylation sites (tertiary alicyclic amines) is 1. The van der Waals surface area contributed by atoms with Crippen LogP contribution < -0.4 is 10.3 Å². The average molecular weight is 398 g/mol. The summed E-state index contributed by atoms with van der Waals surface area (Å²) in [4.78, 5) is 34.2. The van der Waals surface area contributed by atoms with Crippen LogP contribution in [-0.4, -0.2) is 50.3 Å². The average Bonchev–Trinajstić information content (AvgIpc) is 3.10. The zero-order chi connectivity index (χ0) is 20.6. The first-order valence-corrected chi connectivity index (χ1v) is 9.97. The van der Waals surface area contributed by atoms with Gasteiger partial charge >= 0.3 is 6.09 Å². The zero-order valence-corrected chi connectivity index (χ0v) is 17.0. The van der Waals surface area contributed by atoms with Crippen LogP contribution in [0.3, 0.4) is 0 Å². The summed E-state index contributed by atoms with van der Waals surface area (Å²) >= 11 is 0. The van der Waals surface area contributed by atoms with E-state index in [0.29, 0.717) is 24.8 Å². The van der Waals surface area contributed by atoms with Crippen LogP contribution in [0, 0.1) is 5.92 Å². The van der Waals surface area contributed by atoms with Gasteiger partial charge in [0.2, 0.25) is 0 Å². The summed E-state index contributed by atoms with van der Waals surface area (Å²) in [6.45, 7) is 6.98. The lowest BCUT2D eigenvalue weighted by atomic mass is 9.89. The molecule has 2 aliphatic heterocycles. The zero-order valence-electron chi connectivity index (χ0n) is 17.0. The van der Waals surface area contributed by atoms with Crippen LogP contribution in [0.15, 0.2) is 35.6 Å². The van der Waals surface area contributed by atoms with Crippen molar-refractivity contribution in [1.82, 2.24) is 19.4 Å². The molecule has 0 aromatic carbocycles. The molecule has 0 bridgehead atoms. The van der Waals surface area contributed by atoms with Crippen molar-refractivity contribution in [2.75, 3.05) is 13.1 Å². The fourth-order valence-corrected chi connectivity index (χ4v) is 3.87. The Balaban J connectivity index is 1.39. The fourth-order valence-electron chi connectivity index (χ4n) is 3.87. The van der Waals surface area contributed by atoms with Gasteiger partial charge in [0.25, 0.3) is 5.56 Å². The molecule has 2 aromatic rings.